The maximum atomic E-state index is 13.9. The molecule has 23 heavy (non-hydrogen) atoms. The molecule has 1 aromatic rings. The zero-order valence-electron chi connectivity index (χ0n) is 12.9. The van der Waals surface area contributed by atoms with Gasteiger partial charge in [-0.1, -0.05) is 6.92 Å². The maximum absolute atomic E-state index is 13.9. The van der Waals surface area contributed by atoms with E-state index in [0.717, 1.165) is 19.4 Å². The summed E-state index contributed by atoms with van der Waals surface area (Å²) in [5.41, 5.74) is 4.39. The third-order valence-corrected chi connectivity index (χ3v) is 4.49. The van der Waals surface area contributed by atoms with E-state index in [2.05, 4.69) is 15.8 Å². The number of phenols is 1. The van der Waals surface area contributed by atoms with Crippen molar-refractivity contribution >= 4 is 23.0 Å². The van der Waals surface area contributed by atoms with Gasteiger partial charge in [0.05, 0.1) is 11.8 Å². The monoisotopic (exact) mass is 337 g/mol. The quantitative estimate of drug-likeness (QED) is 0.584. The number of ether oxygens (including phenoxy) is 1. The number of phenolic OH excluding ortho intramolecular Hbond substituents is 1. The topological polar surface area (TPSA) is 65.9 Å². The summed E-state index contributed by atoms with van der Waals surface area (Å²) in [6.45, 7) is 3.36. The molecule has 5 nitrogen and oxygen atoms in total. The number of aromatic hydroxyl groups is 1. The second-order valence-corrected chi connectivity index (χ2v) is 6.38. The Labute approximate surface area is 139 Å². The van der Waals surface area contributed by atoms with Crippen LogP contribution in [0.3, 0.4) is 0 Å². The zero-order chi connectivity index (χ0) is 16.4. The van der Waals surface area contributed by atoms with Gasteiger partial charge < -0.3 is 15.2 Å². The maximum Gasteiger partial charge on any atom is 0.187 e. The number of fused-ring (bicyclic) bond motifs is 1. The molecule has 3 N–H and O–H groups in total. The lowest BCUT2D eigenvalue weighted by Gasteiger charge is -2.12. The SMILES string of the molecule is C[C@@H]1C/C(=N\NC(=S)NC[C@H]2CCCO2)c2c(O)ccc(F)c21. The summed E-state index contributed by atoms with van der Waals surface area (Å²) in [7, 11) is 0. The molecule has 2 atom stereocenters. The second kappa shape index (κ2) is 6.80. The molecule has 2 aliphatic rings. The van der Waals surface area contributed by atoms with Gasteiger partial charge >= 0.3 is 0 Å². The van der Waals surface area contributed by atoms with E-state index in [1.807, 2.05) is 6.92 Å². The van der Waals surface area contributed by atoms with E-state index in [0.29, 0.717) is 34.9 Å². The zero-order valence-corrected chi connectivity index (χ0v) is 13.8. The highest BCUT2D eigenvalue weighted by atomic mass is 32.1. The second-order valence-electron chi connectivity index (χ2n) is 5.98. The number of rotatable bonds is 3. The summed E-state index contributed by atoms with van der Waals surface area (Å²) in [4.78, 5) is 0. The molecule has 0 spiro atoms. The van der Waals surface area contributed by atoms with Crippen molar-refractivity contribution < 1.29 is 14.2 Å². The summed E-state index contributed by atoms with van der Waals surface area (Å²) in [6, 6.07) is 2.64. The Bertz CT molecular complexity index is 644. The number of hydrogen-bond donors (Lipinski definition) is 3. The van der Waals surface area contributed by atoms with Crippen molar-refractivity contribution in [3.05, 3.63) is 29.1 Å². The molecule has 124 valence electrons. The van der Waals surface area contributed by atoms with Crippen LogP contribution in [0.4, 0.5) is 4.39 Å². The summed E-state index contributed by atoms with van der Waals surface area (Å²) in [5, 5.41) is 17.7. The fraction of sp³-hybridized carbons (Fsp3) is 0.500. The Hall–Kier alpha value is -1.73. The minimum atomic E-state index is -0.311. The van der Waals surface area contributed by atoms with Gasteiger partial charge in [0, 0.05) is 24.3 Å². The third-order valence-electron chi connectivity index (χ3n) is 4.26. The summed E-state index contributed by atoms with van der Waals surface area (Å²) < 4.78 is 19.5. The molecule has 0 saturated carbocycles. The minimum absolute atomic E-state index is 0.0222. The van der Waals surface area contributed by atoms with Crippen LogP contribution in [0.5, 0.6) is 5.75 Å². The predicted octanol–water partition coefficient (Wildman–Crippen LogP) is 2.39. The number of hydrogen-bond acceptors (Lipinski definition) is 4. The molecule has 1 aromatic carbocycles. The van der Waals surface area contributed by atoms with Crippen LogP contribution in [0.1, 0.15) is 43.2 Å². The number of nitrogens with one attached hydrogen (secondary N) is 2. The smallest absolute Gasteiger partial charge is 0.187 e. The highest BCUT2D eigenvalue weighted by Crippen LogP contribution is 2.39. The summed E-state index contributed by atoms with van der Waals surface area (Å²) in [5.74, 6) is -0.287. The van der Waals surface area contributed by atoms with Gasteiger partial charge in [-0.25, -0.2) is 4.39 Å². The van der Waals surface area contributed by atoms with E-state index in [1.54, 1.807) is 0 Å². The first kappa shape index (κ1) is 16.1. The Morgan fingerprint density at radius 1 is 1.52 bits per heavy atom. The van der Waals surface area contributed by atoms with Crippen molar-refractivity contribution in [1.82, 2.24) is 10.7 Å². The highest BCUT2D eigenvalue weighted by Gasteiger charge is 2.30. The van der Waals surface area contributed by atoms with Gasteiger partial charge in [-0.15, -0.1) is 0 Å². The van der Waals surface area contributed by atoms with Gasteiger partial charge in [-0.3, -0.25) is 5.43 Å². The molecule has 0 bridgehead atoms. The summed E-state index contributed by atoms with van der Waals surface area (Å²) >= 11 is 5.19. The van der Waals surface area contributed by atoms with Crippen molar-refractivity contribution in [2.75, 3.05) is 13.2 Å². The van der Waals surface area contributed by atoms with Crippen molar-refractivity contribution in [2.24, 2.45) is 5.10 Å². The molecule has 1 aliphatic carbocycles. The Morgan fingerprint density at radius 3 is 3.09 bits per heavy atom. The molecule has 0 aromatic heterocycles. The van der Waals surface area contributed by atoms with Crippen molar-refractivity contribution in [3.8, 4) is 5.75 Å². The first-order valence-electron chi connectivity index (χ1n) is 7.80. The van der Waals surface area contributed by atoms with E-state index in [4.69, 9.17) is 17.0 Å². The van der Waals surface area contributed by atoms with Crippen LogP contribution in [0.25, 0.3) is 0 Å². The first-order chi connectivity index (χ1) is 11.1. The van der Waals surface area contributed by atoms with E-state index in [1.165, 1.54) is 12.1 Å². The van der Waals surface area contributed by atoms with Gasteiger partial charge in [0.15, 0.2) is 5.11 Å². The van der Waals surface area contributed by atoms with Crippen LogP contribution >= 0.6 is 12.2 Å². The van der Waals surface area contributed by atoms with Gasteiger partial charge in [-0.2, -0.15) is 5.10 Å². The van der Waals surface area contributed by atoms with Gasteiger partial charge in [-0.05, 0) is 49.5 Å². The van der Waals surface area contributed by atoms with Crippen LogP contribution < -0.4 is 10.7 Å². The first-order valence-corrected chi connectivity index (χ1v) is 8.21. The van der Waals surface area contributed by atoms with E-state index in [-0.39, 0.29) is 23.6 Å². The molecule has 3 rings (SSSR count). The molecular formula is C16H20FN3O2S. The lowest BCUT2D eigenvalue weighted by molar-refractivity contribution is 0.114. The fourth-order valence-corrected chi connectivity index (χ4v) is 3.26. The van der Waals surface area contributed by atoms with Crippen LogP contribution in [0.2, 0.25) is 0 Å². The molecule has 0 radical (unpaired) electrons. The van der Waals surface area contributed by atoms with Crippen LogP contribution in [0, 0.1) is 5.82 Å². The number of hydrazone groups is 1. The minimum Gasteiger partial charge on any atom is -0.507 e. The molecular weight excluding hydrogens is 317 g/mol. The number of thiocarbonyl (C=S) groups is 1. The standard InChI is InChI=1S/C16H20FN3O2S/c1-9-7-12(15-13(21)5-4-11(17)14(9)15)19-20-16(23)18-8-10-3-2-6-22-10/h4-5,9-10,21H,2-3,6-8H2,1H3,(H2,18,20,23)/b19-12+/t9-,10-/m1/s1. The number of nitrogens with zero attached hydrogens (tertiary/aromatic N) is 1. The normalized spacial score (nSPS) is 24.7. The Balaban J connectivity index is 1.65. The van der Waals surface area contributed by atoms with E-state index >= 15 is 0 Å². The molecule has 1 fully saturated rings. The van der Waals surface area contributed by atoms with Crippen LogP contribution in [0.15, 0.2) is 17.2 Å². The predicted molar refractivity (Wildman–Crippen MR) is 90.3 cm³/mol. The molecule has 1 aliphatic heterocycles. The van der Waals surface area contributed by atoms with Crippen LogP contribution in [-0.2, 0) is 4.74 Å². The third kappa shape index (κ3) is 3.45. The molecule has 0 unspecified atom stereocenters. The van der Waals surface area contributed by atoms with Crippen LogP contribution in [-0.4, -0.2) is 35.2 Å². The van der Waals surface area contributed by atoms with Crippen molar-refractivity contribution in [3.63, 3.8) is 0 Å². The van der Waals surface area contributed by atoms with Gasteiger partial charge in [0.1, 0.15) is 11.6 Å². The largest absolute Gasteiger partial charge is 0.507 e. The molecule has 7 heteroatoms. The molecule has 1 heterocycles. The summed E-state index contributed by atoms with van der Waals surface area (Å²) in [6.07, 6.45) is 2.86. The van der Waals surface area contributed by atoms with Gasteiger partial charge in [0.25, 0.3) is 0 Å². The lowest BCUT2D eigenvalue weighted by Crippen LogP contribution is -2.37. The van der Waals surface area contributed by atoms with Gasteiger partial charge in [0.2, 0.25) is 0 Å². The number of benzene rings is 1. The molecule has 0 amide bonds. The molecule has 1 saturated heterocycles. The van der Waals surface area contributed by atoms with Crippen molar-refractivity contribution in [1.29, 1.82) is 0 Å². The fourth-order valence-electron chi connectivity index (χ4n) is 3.13. The Morgan fingerprint density at radius 2 is 2.35 bits per heavy atom. The lowest BCUT2D eigenvalue weighted by atomic mass is 10.0. The number of halogens is 1. The highest BCUT2D eigenvalue weighted by molar-refractivity contribution is 7.80. The van der Waals surface area contributed by atoms with E-state index < -0.39 is 0 Å². The average Bonchev–Trinajstić information content (AvgIpc) is 3.15. The average molecular weight is 337 g/mol. The van der Waals surface area contributed by atoms with Crippen molar-refractivity contribution in [2.45, 2.75) is 38.2 Å². The Kier molecular flexibility index (Phi) is 4.77. The van der Waals surface area contributed by atoms with E-state index in [9.17, 15) is 9.50 Å².